The molecule has 152 valence electrons. The number of rotatable bonds is 7. The quantitative estimate of drug-likeness (QED) is 0.530. The number of thioether (sulfide) groups is 1. The summed E-state index contributed by atoms with van der Waals surface area (Å²) in [7, 11) is -3.45. The molecule has 1 saturated heterocycles. The molecule has 0 atom stereocenters. The summed E-state index contributed by atoms with van der Waals surface area (Å²) in [5.74, 6) is 1.64. The van der Waals surface area contributed by atoms with Gasteiger partial charge in [-0.05, 0) is 30.5 Å². The molecule has 1 aliphatic heterocycles. The molecule has 0 aliphatic carbocycles. The minimum atomic E-state index is -3.45. The standard InChI is InChI=1S/C20H22N4O3S2/c25-29(26,24-11-5-2-6-12-24)17-9-10-20(21-14-17)28-15-19-22-18(23-27-19)13-16-7-3-1-4-8-16/h1,3-4,7-10,14H,2,5-6,11-13,15H2. The van der Waals surface area contributed by atoms with E-state index in [0.717, 1.165) is 24.8 Å². The maximum Gasteiger partial charge on any atom is 0.244 e. The summed E-state index contributed by atoms with van der Waals surface area (Å²) in [6.45, 7) is 1.17. The zero-order chi connectivity index (χ0) is 20.1. The van der Waals surface area contributed by atoms with E-state index in [1.807, 2.05) is 30.3 Å². The van der Waals surface area contributed by atoms with Crippen molar-refractivity contribution in [3.8, 4) is 0 Å². The van der Waals surface area contributed by atoms with Crippen LogP contribution in [0.15, 0.2) is 63.1 Å². The number of benzene rings is 1. The summed E-state index contributed by atoms with van der Waals surface area (Å²) < 4.78 is 32.2. The summed E-state index contributed by atoms with van der Waals surface area (Å²) in [5.41, 5.74) is 1.12. The lowest BCUT2D eigenvalue weighted by atomic mass is 10.1. The number of nitrogens with zero attached hydrogens (tertiary/aromatic N) is 4. The molecule has 0 saturated carbocycles. The predicted octanol–water partition coefficient (Wildman–Crippen LogP) is 3.52. The lowest BCUT2D eigenvalue weighted by Gasteiger charge is -2.25. The third-order valence-electron chi connectivity index (χ3n) is 4.72. The van der Waals surface area contributed by atoms with Crippen molar-refractivity contribution in [1.82, 2.24) is 19.4 Å². The van der Waals surface area contributed by atoms with Crippen molar-refractivity contribution in [2.75, 3.05) is 13.1 Å². The van der Waals surface area contributed by atoms with Crippen LogP contribution in [0.5, 0.6) is 0 Å². The minimum Gasteiger partial charge on any atom is -0.338 e. The maximum atomic E-state index is 12.7. The molecule has 1 aliphatic rings. The molecule has 0 spiro atoms. The lowest BCUT2D eigenvalue weighted by molar-refractivity contribution is 0.346. The number of pyridine rings is 1. The second-order valence-electron chi connectivity index (χ2n) is 6.85. The van der Waals surface area contributed by atoms with Crippen LogP contribution in [0.25, 0.3) is 0 Å². The number of piperidine rings is 1. The first-order chi connectivity index (χ1) is 14.1. The first kappa shape index (κ1) is 20.1. The molecule has 0 N–H and O–H groups in total. The fraction of sp³-hybridized carbons (Fsp3) is 0.350. The fourth-order valence-electron chi connectivity index (χ4n) is 3.19. The van der Waals surface area contributed by atoms with Gasteiger partial charge in [0.15, 0.2) is 5.82 Å². The van der Waals surface area contributed by atoms with Gasteiger partial charge in [0.25, 0.3) is 0 Å². The second kappa shape index (κ2) is 9.06. The van der Waals surface area contributed by atoms with Crippen LogP contribution in [-0.4, -0.2) is 40.9 Å². The molecule has 9 heteroatoms. The molecule has 4 rings (SSSR count). The van der Waals surface area contributed by atoms with Gasteiger partial charge in [0, 0.05) is 25.7 Å². The molecule has 29 heavy (non-hydrogen) atoms. The minimum absolute atomic E-state index is 0.242. The van der Waals surface area contributed by atoms with Crippen LogP contribution < -0.4 is 0 Å². The third-order valence-corrected chi connectivity index (χ3v) is 7.53. The van der Waals surface area contributed by atoms with Crippen LogP contribution in [-0.2, 0) is 22.2 Å². The molecule has 3 heterocycles. The SMILES string of the molecule is O=S(=O)(c1ccc(SCc2nc(Cc3ccccc3)no2)nc1)N1CCCCC1. The van der Waals surface area contributed by atoms with Crippen molar-refractivity contribution in [3.63, 3.8) is 0 Å². The van der Waals surface area contributed by atoms with Gasteiger partial charge >= 0.3 is 0 Å². The van der Waals surface area contributed by atoms with Gasteiger partial charge in [-0.15, -0.1) is 0 Å². The zero-order valence-electron chi connectivity index (χ0n) is 15.9. The van der Waals surface area contributed by atoms with Crippen molar-refractivity contribution in [1.29, 1.82) is 0 Å². The van der Waals surface area contributed by atoms with Gasteiger partial charge in [0.05, 0.1) is 10.8 Å². The van der Waals surface area contributed by atoms with Crippen LogP contribution in [0.1, 0.15) is 36.5 Å². The first-order valence-corrected chi connectivity index (χ1v) is 12.0. The highest BCUT2D eigenvalue weighted by molar-refractivity contribution is 7.98. The average Bonchev–Trinajstić information content (AvgIpc) is 3.21. The van der Waals surface area contributed by atoms with Crippen molar-refractivity contribution < 1.29 is 12.9 Å². The predicted molar refractivity (Wildman–Crippen MR) is 110 cm³/mol. The molecular formula is C20H22N4O3S2. The summed E-state index contributed by atoms with van der Waals surface area (Å²) in [6.07, 6.45) is 4.97. The Balaban J connectivity index is 1.35. The molecule has 0 unspecified atom stereocenters. The number of sulfonamides is 1. The Morgan fingerprint density at radius 3 is 2.55 bits per heavy atom. The maximum absolute atomic E-state index is 12.7. The summed E-state index contributed by atoms with van der Waals surface area (Å²) in [4.78, 5) is 8.95. The van der Waals surface area contributed by atoms with Gasteiger partial charge < -0.3 is 4.52 Å². The van der Waals surface area contributed by atoms with Crippen LogP contribution in [0, 0.1) is 0 Å². The van der Waals surface area contributed by atoms with E-state index in [0.29, 0.717) is 42.0 Å². The lowest BCUT2D eigenvalue weighted by Crippen LogP contribution is -2.35. The zero-order valence-corrected chi connectivity index (χ0v) is 17.5. The fourth-order valence-corrected chi connectivity index (χ4v) is 5.34. The first-order valence-electron chi connectivity index (χ1n) is 9.56. The second-order valence-corrected chi connectivity index (χ2v) is 9.79. The Morgan fingerprint density at radius 1 is 1.03 bits per heavy atom. The Morgan fingerprint density at radius 2 is 1.83 bits per heavy atom. The Hall–Kier alpha value is -2.23. The number of hydrogen-bond donors (Lipinski definition) is 0. The molecule has 2 aromatic heterocycles. The average molecular weight is 431 g/mol. The van der Waals surface area contributed by atoms with Gasteiger partial charge in [-0.25, -0.2) is 13.4 Å². The Labute approximate surface area is 174 Å². The summed E-state index contributed by atoms with van der Waals surface area (Å²) in [5, 5.41) is 4.73. The summed E-state index contributed by atoms with van der Waals surface area (Å²) >= 11 is 1.43. The smallest absolute Gasteiger partial charge is 0.244 e. The molecule has 1 fully saturated rings. The van der Waals surface area contributed by atoms with Crippen molar-refractivity contribution in [3.05, 3.63) is 65.9 Å². The highest BCUT2D eigenvalue weighted by Crippen LogP contribution is 2.24. The van der Waals surface area contributed by atoms with Crippen molar-refractivity contribution >= 4 is 21.8 Å². The molecule has 7 nitrogen and oxygen atoms in total. The van der Waals surface area contributed by atoms with E-state index in [1.54, 1.807) is 16.4 Å². The van der Waals surface area contributed by atoms with Gasteiger partial charge in [-0.3, -0.25) is 0 Å². The third kappa shape index (κ3) is 5.04. The van der Waals surface area contributed by atoms with E-state index in [1.165, 1.54) is 18.0 Å². The number of hydrogen-bond acceptors (Lipinski definition) is 7. The van der Waals surface area contributed by atoms with Crippen LogP contribution in [0.4, 0.5) is 0 Å². The molecule has 0 bridgehead atoms. The molecule has 1 aromatic carbocycles. The van der Waals surface area contributed by atoms with E-state index in [9.17, 15) is 8.42 Å². The molecule has 3 aromatic rings. The highest BCUT2D eigenvalue weighted by Gasteiger charge is 2.26. The van der Waals surface area contributed by atoms with Crippen LogP contribution in [0.2, 0.25) is 0 Å². The van der Waals surface area contributed by atoms with Gasteiger partial charge in [-0.1, -0.05) is 53.7 Å². The molecular weight excluding hydrogens is 408 g/mol. The van der Waals surface area contributed by atoms with Crippen LogP contribution in [0.3, 0.4) is 0 Å². The molecule has 0 amide bonds. The van der Waals surface area contributed by atoms with Crippen LogP contribution >= 0.6 is 11.8 Å². The topological polar surface area (TPSA) is 89.2 Å². The van der Waals surface area contributed by atoms with Gasteiger partial charge in [-0.2, -0.15) is 9.29 Å². The van der Waals surface area contributed by atoms with Gasteiger partial charge in [0.2, 0.25) is 15.9 Å². The normalized spacial score (nSPS) is 15.4. The van der Waals surface area contributed by atoms with E-state index < -0.39 is 10.0 Å². The van der Waals surface area contributed by atoms with Gasteiger partial charge in [0.1, 0.15) is 4.90 Å². The largest absolute Gasteiger partial charge is 0.338 e. The Kier molecular flexibility index (Phi) is 6.27. The van der Waals surface area contributed by atoms with Crippen molar-refractivity contribution in [2.45, 2.75) is 41.4 Å². The highest BCUT2D eigenvalue weighted by atomic mass is 32.2. The van der Waals surface area contributed by atoms with E-state index >= 15 is 0 Å². The van der Waals surface area contributed by atoms with E-state index in [2.05, 4.69) is 15.1 Å². The monoisotopic (exact) mass is 430 g/mol. The van der Waals surface area contributed by atoms with E-state index in [4.69, 9.17) is 4.52 Å². The van der Waals surface area contributed by atoms with Crippen molar-refractivity contribution in [2.24, 2.45) is 0 Å². The molecule has 0 radical (unpaired) electrons. The number of aromatic nitrogens is 3. The Bertz CT molecular complexity index is 1030. The van der Waals surface area contributed by atoms with E-state index in [-0.39, 0.29) is 4.90 Å². The summed E-state index contributed by atoms with van der Waals surface area (Å²) in [6, 6.07) is 13.3.